The molecular weight excluding hydrogens is 295 g/mol. The Morgan fingerprint density at radius 3 is 2.75 bits per heavy atom. The van der Waals surface area contributed by atoms with E-state index in [4.69, 9.17) is 11.6 Å². The predicted octanol–water partition coefficient (Wildman–Crippen LogP) is 2.97. The fraction of sp³-hybridized carbons (Fsp3) is 0.462. The van der Waals surface area contributed by atoms with E-state index in [2.05, 4.69) is 10.1 Å². The fourth-order valence-corrected chi connectivity index (χ4v) is 1.69. The fourth-order valence-electron chi connectivity index (χ4n) is 1.48. The van der Waals surface area contributed by atoms with Gasteiger partial charge in [0, 0.05) is 18.0 Å². The Balaban J connectivity index is 2.11. The van der Waals surface area contributed by atoms with Crippen molar-refractivity contribution >= 4 is 17.5 Å². The Kier molecular flexibility index (Phi) is 6.81. The van der Waals surface area contributed by atoms with Gasteiger partial charge in [-0.25, -0.2) is 0 Å². The zero-order chi connectivity index (χ0) is 15.0. The summed E-state index contributed by atoms with van der Waals surface area (Å²) in [5, 5.41) is 3.22. The van der Waals surface area contributed by atoms with E-state index in [-0.39, 0.29) is 18.9 Å². The van der Waals surface area contributed by atoms with Crippen LogP contribution >= 0.6 is 11.6 Å². The number of benzene rings is 1. The second-order valence-electron chi connectivity index (χ2n) is 4.15. The lowest BCUT2D eigenvalue weighted by Gasteiger charge is -2.08. The highest BCUT2D eigenvalue weighted by Gasteiger charge is 2.27. The summed E-state index contributed by atoms with van der Waals surface area (Å²) in [4.78, 5) is 11.3. The maximum absolute atomic E-state index is 11.8. The van der Waals surface area contributed by atoms with Gasteiger partial charge in [-0.15, -0.1) is 0 Å². The Labute approximate surface area is 120 Å². The Morgan fingerprint density at radius 1 is 1.35 bits per heavy atom. The SMILES string of the molecule is O=C(CCOCC(F)(F)F)NCCc1cccc(Cl)c1. The summed E-state index contributed by atoms with van der Waals surface area (Å²) in [6.07, 6.45) is -3.84. The van der Waals surface area contributed by atoms with Crippen LogP contribution in [0.15, 0.2) is 24.3 Å². The van der Waals surface area contributed by atoms with Gasteiger partial charge < -0.3 is 10.1 Å². The van der Waals surface area contributed by atoms with E-state index >= 15 is 0 Å². The van der Waals surface area contributed by atoms with E-state index in [0.29, 0.717) is 18.0 Å². The quantitative estimate of drug-likeness (QED) is 0.786. The number of carbonyl (C=O) groups excluding carboxylic acids is 1. The normalized spacial score (nSPS) is 11.4. The van der Waals surface area contributed by atoms with Crippen molar-refractivity contribution in [2.45, 2.75) is 19.0 Å². The smallest absolute Gasteiger partial charge is 0.372 e. The van der Waals surface area contributed by atoms with Crippen molar-refractivity contribution in [3.63, 3.8) is 0 Å². The molecule has 0 aliphatic carbocycles. The highest BCUT2D eigenvalue weighted by Crippen LogP contribution is 2.14. The largest absolute Gasteiger partial charge is 0.411 e. The van der Waals surface area contributed by atoms with Crippen LogP contribution in [0.5, 0.6) is 0 Å². The van der Waals surface area contributed by atoms with E-state index in [9.17, 15) is 18.0 Å². The molecule has 7 heteroatoms. The number of halogens is 4. The molecule has 20 heavy (non-hydrogen) atoms. The summed E-state index contributed by atoms with van der Waals surface area (Å²) < 4.78 is 39.6. The first-order chi connectivity index (χ1) is 9.37. The number of amides is 1. The number of hydrogen-bond donors (Lipinski definition) is 1. The summed E-state index contributed by atoms with van der Waals surface area (Å²) in [7, 11) is 0. The molecule has 0 aromatic heterocycles. The van der Waals surface area contributed by atoms with Gasteiger partial charge in [-0.3, -0.25) is 4.79 Å². The van der Waals surface area contributed by atoms with Crippen molar-refractivity contribution in [1.29, 1.82) is 0 Å². The van der Waals surface area contributed by atoms with E-state index in [1.54, 1.807) is 12.1 Å². The molecule has 1 aromatic rings. The number of ether oxygens (including phenoxy) is 1. The highest BCUT2D eigenvalue weighted by molar-refractivity contribution is 6.30. The van der Waals surface area contributed by atoms with Crippen molar-refractivity contribution in [2.75, 3.05) is 19.8 Å². The molecule has 0 aliphatic rings. The molecule has 0 saturated heterocycles. The van der Waals surface area contributed by atoms with Gasteiger partial charge in [0.2, 0.25) is 5.91 Å². The molecule has 0 aliphatic heterocycles. The summed E-state index contributed by atoms with van der Waals surface area (Å²) in [5.74, 6) is -0.339. The van der Waals surface area contributed by atoms with Gasteiger partial charge in [-0.2, -0.15) is 13.2 Å². The van der Waals surface area contributed by atoms with Gasteiger partial charge in [0.05, 0.1) is 6.61 Å². The lowest BCUT2D eigenvalue weighted by Crippen LogP contribution is -2.27. The minimum absolute atomic E-state index is 0.0916. The van der Waals surface area contributed by atoms with E-state index in [1.807, 2.05) is 12.1 Å². The summed E-state index contributed by atoms with van der Waals surface area (Å²) in [5.41, 5.74) is 0.978. The third-order valence-corrected chi connectivity index (χ3v) is 2.60. The number of alkyl halides is 3. The van der Waals surface area contributed by atoms with Crippen molar-refractivity contribution in [1.82, 2.24) is 5.32 Å². The Hall–Kier alpha value is -1.27. The topological polar surface area (TPSA) is 38.3 Å². The molecule has 0 bridgehead atoms. The van der Waals surface area contributed by atoms with E-state index in [0.717, 1.165) is 5.56 Å². The molecule has 0 heterocycles. The van der Waals surface area contributed by atoms with Gasteiger partial charge in [0.15, 0.2) is 0 Å². The third kappa shape index (κ3) is 8.01. The minimum Gasteiger partial charge on any atom is -0.372 e. The lowest BCUT2D eigenvalue weighted by molar-refractivity contribution is -0.174. The summed E-state index contributed by atoms with van der Waals surface area (Å²) in [6.45, 7) is -1.18. The van der Waals surface area contributed by atoms with Crippen LogP contribution in [-0.4, -0.2) is 31.8 Å². The monoisotopic (exact) mass is 309 g/mol. The van der Waals surface area contributed by atoms with Crippen molar-refractivity contribution in [2.24, 2.45) is 0 Å². The molecule has 1 N–H and O–H groups in total. The predicted molar refractivity (Wildman–Crippen MR) is 69.7 cm³/mol. The zero-order valence-corrected chi connectivity index (χ0v) is 11.4. The van der Waals surface area contributed by atoms with Crippen LogP contribution in [0, 0.1) is 0 Å². The van der Waals surface area contributed by atoms with E-state index < -0.39 is 12.8 Å². The van der Waals surface area contributed by atoms with Crippen LogP contribution in [0.2, 0.25) is 5.02 Å². The summed E-state index contributed by atoms with van der Waals surface area (Å²) >= 11 is 5.81. The molecule has 1 rings (SSSR count). The van der Waals surface area contributed by atoms with Crippen LogP contribution in [-0.2, 0) is 16.0 Å². The first-order valence-corrected chi connectivity index (χ1v) is 6.40. The molecule has 0 spiro atoms. The average Bonchev–Trinajstić information content (AvgIpc) is 2.34. The molecule has 3 nitrogen and oxygen atoms in total. The van der Waals surface area contributed by atoms with Crippen LogP contribution in [0.3, 0.4) is 0 Å². The van der Waals surface area contributed by atoms with Crippen LogP contribution in [0.25, 0.3) is 0 Å². The molecular formula is C13H15ClF3NO2. The van der Waals surface area contributed by atoms with Crippen LogP contribution in [0.1, 0.15) is 12.0 Å². The van der Waals surface area contributed by atoms with Crippen LogP contribution < -0.4 is 5.32 Å². The standard InChI is InChI=1S/C13H15ClF3NO2/c14-11-3-1-2-10(8-11)4-6-18-12(19)5-7-20-9-13(15,16)17/h1-3,8H,4-7,9H2,(H,18,19). The molecule has 0 atom stereocenters. The molecule has 1 aromatic carbocycles. The van der Waals surface area contributed by atoms with Gasteiger partial charge in [-0.05, 0) is 24.1 Å². The van der Waals surface area contributed by atoms with Gasteiger partial charge >= 0.3 is 6.18 Å². The number of carbonyl (C=O) groups is 1. The third-order valence-electron chi connectivity index (χ3n) is 2.36. The molecule has 112 valence electrons. The van der Waals surface area contributed by atoms with E-state index in [1.165, 1.54) is 0 Å². The minimum atomic E-state index is -4.36. The molecule has 0 fully saturated rings. The number of nitrogens with one attached hydrogen (secondary N) is 1. The summed E-state index contributed by atoms with van der Waals surface area (Å²) in [6, 6.07) is 7.23. The van der Waals surface area contributed by atoms with Gasteiger partial charge in [-0.1, -0.05) is 23.7 Å². The number of rotatable bonds is 7. The maximum atomic E-state index is 11.8. The number of hydrogen-bond acceptors (Lipinski definition) is 2. The maximum Gasteiger partial charge on any atom is 0.411 e. The average molecular weight is 310 g/mol. The Morgan fingerprint density at radius 2 is 2.10 bits per heavy atom. The van der Waals surface area contributed by atoms with Crippen molar-refractivity contribution in [3.8, 4) is 0 Å². The lowest BCUT2D eigenvalue weighted by atomic mass is 10.1. The molecule has 0 unspecified atom stereocenters. The van der Waals surface area contributed by atoms with Gasteiger partial charge in [0.25, 0.3) is 0 Å². The van der Waals surface area contributed by atoms with Crippen LogP contribution in [0.4, 0.5) is 13.2 Å². The first kappa shape index (κ1) is 16.8. The Bertz CT molecular complexity index is 438. The molecule has 0 saturated carbocycles. The van der Waals surface area contributed by atoms with Crippen molar-refractivity contribution in [3.05, 3.63) is 34.9 Å². The van der Waals surface area contributed by atoms with Gasteiger partial charge in [0.1, 0.15) is 6.61 Å². The van der Waals surface area contributed by atoms with Crippen molar-refractivity contribution < 1.29 is 22.7 Å². The second-order valence-corrected chi connectivity index (χ2v) is 4.58. The zero-order valence-electron chi connectivity index (χ0n) is 10.7. The first-order valence-electron chi connectivity index (χ1n) is 6.02. The molecule has 1 amide bonds. The highest BCUT2D eigenvalue weighted by atomic mass is 35.5. The second kappa shape index (κ2) is 8.11. The molecule has 0 radical (unpaired) electrons.